The summed E-state index contributed by atoms with van der Waals surface area (Å²) in [6, 6.07) is 14.5. The fourth-order valence-electron chi connectivity index (χ4n) is 3.97. The van der Waals surface area contributed by atoms with Crippen molar-refractivity contribution in [2.75, 3.05) is 26.2 Å². The average molecular weight is 419 g/mol. The first-order valence-corrected chi connectivity index (χ1v) is 10.8. The van der Waals surface area contributed by atoms with Crippen molar-refractivity contribution < 1.29 is 4.79 Å². The molecular formula is C24H30N6O. The fraction of sp³-hybridized carbons (Fsp3) is 0.375. The zero-order valence-electron chi connectivity index (χ0n) is 18.5. The molecular weight excluding hydrogens is 388 g/mol. The number of aromatic nitrogens is 3. The zero-order chi connectivity index (χ0) is 21.8. The van der Waals surface area contributed by atoms with Crippen molar-refractivity contribution in [2.24, 2.45) is 0 Å². The number of carbonyl (C=O) groups is 1. The highest BCUT2D eigenvalue weighted by molar-refractivity contribution is 5.74. The Morgan fingerprint density at radius 2 is 1.81 bits per heavy atom. The molecule has 31 heavy (non-hydrogen) atoms. The summed E-state index contributed by atoms with van der Waals surface area (Å²) in [5.41, 5.74) is 5.60. The first-order chi connectivity index (χ1) is 15.0. The first-order valence-electron chi connectivity index (χ1n) is 10.8. The van der Waals surface area contributed by atoms with Gasteiger partial charge in [-0.25, -0.2) is 14.5 Å². The topological polar surface area (TPSA) is 66.3 Å². The summed E-state index contributed by atoms with van der Waals surface area (Å²) in [7, 11) is 0. The van der Waals surface area contributed by atoms with Crippen molar-refractivity contribution in [3.05, 3.63) is 76.7 Å². The van der Waals surface area contributed by atoms with E-state index in [0.29, 0.717) is 6.54 Å². The molecule has 2 aromatic heterocycles. The summed E-state index contributed by atoms with van der Waals surface area (Å²) >= 11 is 0. The quantitative estimate of drug-likeness (QED) is 0.691. The monoisotopic (exact) mass is 418 g/mol. The van der Waals surface area contributed by atoms with Gasteiger partial charge < -0.3 is 10.2 Å². The number of benzene rings is 1. The van der Waals surface area contributed by atoms with Gasteiger partial charge in [0.1, 0.15) is 0 Å². The second-order valence-corrected chi connectivity index (χ2v) is 8.27. The summed E-state index contributed by atoms with van der Waals surface area (Å²) in [6.07, 6.45) is 1.80. The Kier molecular flexibility index (Phi) is 6.32. The Bertz CT molecular complexity index is 1030. The molecule has 3 aromatic rings. The molecule has 1 saturated heterocycles. The van der Waals surface area contributed by atoms with Crippen molar-refractivity contribution in [2.45, 2.75) is 33.9 Å². The predicted octanol–water partition coefficient (Wildman–Crippen LogP) is 3.22. The number of pyridine rings is 1. The highest BCUT2D eigenvalue weighted by atomic mass is 16.2. The fourth-order valence-corrected chi connectivity index (χ4v) is 3.97. The molecule has 1 fully saturated rings. The van der Waals surface area contributed by atoms with E-state index >= 15 is 0 Å². The van der Waals surface area contributed by atoms with Crippen LogP contribution >= 0.6 is 0 Å². The SMILES string of the molecule is Cc1cccc(CN2CCN(C(=O)NCc3ccc(-n4nc(C)cc4C)nc3)CC2)c1. The Morgan fingerprint density at radius 1 is 1.00 bits per heavy atom. The number of urea groups is 1. The second-order valence-electron chi connectivity index (χ2n) is 8.27. The number of carbonyl (C=O) groups excluding carboxylic acids is 1. The lowest BCUT2D eigenvalue weighted by Gasteiger charge is -2.34. The van der Waals surface area contributed by atoms with Crippen LogP contribution in [0.4, 0.5) is 4.79 Å². The maximum absolute atomic E-state index is 12.6. The summed E-state index contributed by atoms with van der Waals surface area (Å²) in [4.78, 5) is 21.4. The molecule has 4 rings (SSSR count). The van der Waals surface area contributed by atoms with Gasteiger partial charge >= 0.3 is 6.03 Å². The molecule has 0 bridgehead atoms. The van der Waals surface area contributed by atoms with Crippen LogP contribution in [0.2, 0.25) is 0 Å². The Balaban J connectivity index is 1.24. The Labute approximate surface area is 183 Å². The van der Waals surface area contributed by atoms with Crippen LogP contribution in [0, 0.1) is 20.8 Å². The molecule has 7 nitrogen and oxygen atoms in total. The minimum Gasteiger partial charge on any atom is -0.334 e. The molecule has 0 spiro atoms. The lowest BCUT2D eigenvalue weighted by atomic mass is 10.1. The Morgan fingerprint density at radius 3 is 2.45 bits per heavy atom. The van der Waals surface area contributed by atoms with Crippen molar-refractivity contribution >= 4 is 6.03 Å². The number of piperazine rings is 1. The minimum absolute atomic E-state index is 0.0159. The number of nitrogens with zero attached hydrogens (tertiary/aromatic N) is 5. The standard InChI is InChI=1S/C24H30N6O/c1-18-5-4-6-21(13-18)17-28-9-11-29(12-10-28)24(31)26-16-22-7-8-23(25-15-22)30-20(3)14-19(2)27-30/h4-8,13-15H,9-12,16-17H2,1-3H3,(H,26,31). The van der Waals surface area contributed by atoms with E-state index in [4.69, 9.17) is 0 Å². The molecule has 0 aliphatic carbocycles. The summed E-state index contributed by atoms with van der Waals surface area (Å²) in [6.45, 7) is 10.8. The van der Waals surface area contributed by atoms with Gasteiger partial charge in [0.05, 0.1) is 5.69 Å². The van der Waals surface area contributed by atoms with Gasteiger partial charge in [-0.3, -0.25) is 4.90 Å². The van der Waals surface area contributed by atoms with E-state index in [1.807, 2.05) is 41.6 Å². The maximum atomic E-state index is 12.6. The molecule has 1 aliphatic rings. The lowest BCUT2D eigenvalue weighted by Crippen LogP contribution is -2.51. The molecule has 2 amide bonds. The van der Waals surface area contributed by atoms with E-state index in [0.717, 1.165) is 55.5 Å². The van der Waals surface area contributed by atoms with Crippen LogP contribution in [0.15, 0.2) is 48.7 Å². The van der Waals surface area contributed by atoms with E-state index in [2.05, 4.69) is 51.5 Å². The minimum atomic E-state index is -0.0159. The van der Waals surface area contributed by atoms with Crippen LogP contribution in [0.5, 0.6) is 0 Å². The largest absolute Gasteiger partial charge is 0.334 e. The number of rotatable bonds is 5. The van der Waals surface area contributed by atoms with Crippen LogP contribution in [0.3, 0.4) is 0 Å². The van der Waals surface area contributed by atoms with Gasteiger partial charge in [-0.15, -0.1) is 0 Å². The van der Waals surface area contributed by atoms with Crippen molar-refractivity contribution in [3.63, 3.8) is 0 Å². The molecule has 1 N–H and O–H groups in total. The van der Waals surface area contributed by atoms with E-state index in [-0.39, 0.29) is 6.03 Å². The van der Waals surface area contributed by atoms with Crippen LogP contribution in [-0.4, -0.2) is 56.8 Å². The van der Waals surface area contributed by atoms with Gasteiger partial charge in [0.25, 0.3) is 0 Å². The first kappa shape index (κ1) is 21.1. The average Bonchev–Trinajstić information content (AvgIpc) is 3.11. The maximum Gasteiger partial charge on any atom is 0.317 e. The summed E-state index contributed by atoms with van der Waals surface area (Å²) in [5, 5.41) is 7.48. The van der Waals surface area contributed by atoms with Gasteiger partial charge in [-0.05, 0) is 44.0 Å². The van der Waals surface area contributed by atoms with Crippen LogP contribution < -0.4 is 5.32 Å². The Hall–Kier alpha value is -3.19. The third-order valence-electron chi connectivity index (χ3n) is 5.63. The highest BCUT2D eigenvalue weighted by Crippen LogP contribution is 2.12. The lowest BCUT2D eigenvalue weighted by molar-refractivity contribution is 0.135. The molecule has 0 saturated carbocycles. The number of aryl methyl sites for hydroxylation is 3. The second kappa shape index (κ2) is 9.31. The van der Waals surface area contributed by atoms with Crippen LogP contribution in [0.25, 0.3) is 5.82 Å². The predicted molar refractivity (Wildman–Crippen MR) is 121 cm³/mol. The molecule has 0 atom stereocenters. The molecule has 1 aliphatic heterocycles. The van der Waals surface area contributed by atoms with Gasteiger partial charge in [0, 0.05) is 51.2 Å². The molecule has 3 heterocycles. The van der Waals surface area contributed by atoms with E-state index in [9.17, 15) is 4.79 Å². The molecule has 162 valence electrons. The highest BCUT2D eigenvalue weighted by Gasteiger charge is 2.21. The zero-order valence-corrected chi connectivity index (χ0v) is 18.5. The summed E-state index contributed by atoms with van der Waals surface area (Å²) in [5.74, 6) is 0.783. The molecule has 0 unspecified atom stereocenters. The van der Waals surface area contributed by atoms with Gasteiger partial charge in [0.2, 0.25) is 0 Å². The third kappa shape index (κ3) is 5.30. The van der Waals surface area contributed by atoms with Crippen molar-refractivity contribution in [1.29, 1.82) is 0 Å². The number of amides is 2. The third-order valence-corrected chi connectivity index (χ3v) is 5.63. The van der Waals surface area contributed by atoms with Gasteiger partial charge in [-0.2, -0.15) is 5.10 Å². The van der Waals surface area contributed by atoms with Crippen LogP contribution in [0.1, 0.15) is 28.1 Å². The van der Waals surface area contributed by atoms with E-state index in [1.54, 1.807) is 6.20 Å². The summed E-state index contributed by atoms with van der Waals surface area (Å²) < 4.78 is 1.83. The normalized spacial score (nSPS) is 14.6. The van der Waals surface area contributed by atoms with Gasteiger partial charge in [-0.1, -0.05) is 35.9 Å². The molecule has 0 radical (unpaired) electrons. The van der Waals surface area contributed by atoms with E-state index < -0.39 is 0 Å². The van der Waals surface area contributed by atoms with Crippen LogP contribution in [-0.2, 0) is 13.1 Å². The molecule has 7 heteroatoms. The number of nitrogens with one attached hydrogen (secondary N) is 1. The van der Waals surface area contributed by atoms with Crippen molar-refractivity contribution in [1.82, 2.24) is 29.9 Å². The smallest absolute Gasteiger partial charge is 0.317 e. The van der Waals surface area contributed by atoms with Gasteiger partial charge in [0.15, 0.2) is 5.82 Å². The number of hydrogen-bond acceptors (Lipinski definition) is 4. The number of hydrogen-bond donors (Lipinski definition) is 1. The van der Waals surface area contributed by atoms with Crippen molar-refractivity contribution in [3.8, 4) is 5.82 Å². The molecule has 1 aromatic carbocycles. The van der Waals surface area contributed by atoms with E-state index in [1.165, 1.54) is 11.1 Å².